The van der Waals surface area contributed by atoms with Crippen LogP contribution in [0, 0.1) is 45.9 Å². The lowest BCUT2D eigenvalue weighted by molar-refractivity contribution is -0.116. The molecule has 1 N–H and O–H groups in total. The Kier molecular flexibility index (Phi) is 4.90. The highest BCUT2D eigenvalue weighted by Crippen LogP contribution is 2.31. The molecule has 0 aliphatic heterocycles. The van der Waals surface area contributed by atoms with Crippen molar-refractivity contribution in [1.82, 2.24) is 4.57 Å². The van der Waals surface area contributed by atoms with E-state index in [1.165, 1.54) is 15.9 Å². The molecule has 138 valence electrons. The number of rotatable bonds is 3. The van der Waals surface area contributed by atoms with Crippen LogP contribution >= 0.6 is 11.3 Å². The number of nitrogens with zero attached hydrogens (tertiary/aromatic N) is 2. The first-order valence-corrected chi connectivity index (χ1v) is 9.46. The van der Waals surface area contributed by atoms with Gasteiger partial charge in [-0.25, -0.2) is 0 Å². The Morgan fingerprint density at radius 3 is 2.52 bits per heavy atom. The van der Waals surface area contributed by atoms with Crippen molar-refractivity contribution in [3.05, 3.63) is 61.2 Å². The van der Waals surface area contributed by atoms with Gasteiger partial charge in [-0.1, -0.05) is 11.6 Å². The highest BCUT2D eigenvalue weighted by molar-refractivity contribution is 7.16. The number of carbonyl (C=O) groups is 1. The third kappa shape index (κ3) is 3.38. The molecule has 0 aliphatic carbocycles. The molecule has 1 aromatic carbocycles. The zero-order chi connectivity index (χ0) is 19.9. The summed E-state index contributed by atoms with van der Waals surface area (Å²) in [6.07, 6.45) is 0. The average molecular weight is 379 g/mol. The summed E-state index contributed by atoms with van der Waals surface area (Å²) in [4.78, 5) is 26.2. The number of hydrogen-bond donors (Lipinski definition) is 1. The number of nitriles is 1. The Morgan fingerprint density at radius 2 is 1.85 bits per heavy atom. The van der Waals surface area contributed by atoms with Gasteiger partial charge in [0, 0.05) is 16.3 Å². The van der Waals surface area contributed by atoms with Crippen LogP contribution in [0.2, 0.25) is 0 Å². The Bertz CT molecular complexity index is 1180. The topological polar surface area (TPSA) is 74.9 Å². The van der Waals surface area contributed by atoms with E-state index in [2.05, 4.69) is 11.4 Å². The van der Waals surface area contributed by atoms with Crippen molar-refractivity contribution >= 4 is 33.1 Å². The maximum atomic E-state index is 12.7. The zero-order valence-corrected chi connectivity index (χ0v) is 16.9. The number of carbonyl (C=O) groups excluding carboxylic acids is 1. The fraction of sp³-hybridized carbons (Fsp3) is 0.286. The first-order chi connectivity index (χ1) is 12.7. The summed E-state index contributed by atoms with van der Waals surface area (Å²) < 4.78 is 1.51. The van der Waals surface area contributed by atoms with E-state index in [0.29, 0.717) is 10.6 Å². The second-order valence-corrected chi connectivity index (χ2v) is 8.10. The maximum absolute atomic E-state index is 12.7. The number of anilines is 1. The molecule has 6 heteroatoms. The van der Waals surface area contributed by atoms with E-state index in [1.807, 2.05) is 46.8 Å². The van der Waals surface area contributed by atoms with Gasteiger partial charge in [0.05, 0.1) is 11.1 Å². The minimum atomic E-state index is -0.319. The van der Waals surface area contributed by atoms with Gasteiger partial charge in [0.2, 0.25) is 5.91 Å². The fourth-order valence-corrected chi connectivity index (χ4v) is 4.41. The van der Waals surface area contributed by atoms with E-state index in [9.17, 15) is 14.9 Å². The van der Waals surface area contributed by atoms with Crippen LogP contribution in [0.4, 0.5) is 5.00 Å². The molecule has 0 spiro atoms. The molecule has 0 fully saturated rings. The number of aromatic nitrogens is 1. The molecule has 0 aliphatic rings. The number of fused-ring (bicyclic) bond motifs is 1. The number of pyridine rings is 1. The quantitative estimate of drug-likeness (QED) is 0.744. The fourth-order valence-electron chi connectivity index (χ4n) is 3.39. The molecule has 2 aromatic heterocycles. The summed E-state index contributed by atoms with van der Waals surface area (Å²) >= 11 is 1.38. The van der Waals surface area contributed by atoms with E-state index < -0.39 is 0 Å². The van der Waals surface area contributed by atoms with Gasteiger partial charge in [-0.3, -0.25) is 14.2 Å². The molecule has 0 unspecified atom stereocenters. The molecule has 0 atom stereocenters. The van der Waals surface area contributed by atoms with Gasteiger partial charge < -0.3 is 5.32 Å². The van der Waals surface area contributed by atoms with Crippen molar-refractivity contribution in [3.63, 3.8) is 0 Å². The van der Waals surface area contributed by atoms with Gasteiger partial charge in [-0.2, -0.15) is 5.26 Å². The molecule has 0 saturated heterocycles. The second-order valence-electron chi connectivity index (χ2n) is 6.88. The average Bonchev–Trinajstić information content (AvgIpc) is 2.84. The van der Waals surface area contributed by atoms with E-state index >= 15 is 0 Å². The molecule has 0 bridgehead atoms. The lowest BCUT2D eigenvalue weighted by Gasteiger charge is -2.15. The lowest BCUT2D eigenvalue weighted by Crippen LogP contribution is -2.28. The van der Waals surface area contributed by atoms with Crippen LogP contribution in [0.1, 0.15) is 32.7 Å². The number of amides is 1. The third-order valence-electron chi connectivity index (χ3n) is 4.80. The van der Waals surface area contributed by atoms with Crippen LogP contribution in [0.15, 0.2) is 23.0 Å². The van der Waals surface area contributed by atoms with Gasteiger partial charge in [-0.15, -0.1) is 11.3 Å². The van der Waals surface area contributed by atoms with E-state index in [4.69, 9.17) is 0 Å². The summed E-state index contributed by atoms with van der Waals surface area (Å²) in [5.41, 5.74) is 4.90. The number of benzene rings is 1. The summed E-state index contributed by atoms with van der Waals surface area (Å²) in [5.74, 6) is -0.319. The van der Waals surface area contributed by atoms with E-state index in [1.54, 1.807) is 6.07 Å². The minimum absolute atomic E-state index is 0.0968. The van der Waals surface area contributed by atoms with Gasteiger partial charge >= 0.3 is 0 Å². The van der Waals surface area contributed by atoms with Gasteiger partial charge in [-0.05, 0) is 57.4 Å². The number of thiophene rings is 1. The molecule has 0 radical (unpaired) electrons. The maximum Gasteiger partial charge on any atom is 0.251 e. The largest absolute Gasteiger partial charge is 0.315 e. The molecule has 3 aromatic rings. The predicted molar refractivity (Wildman–Crippen MR) is 110 cm³/mol. The molecule has 2 heterocycles. The lowest BCUT2D eigenvalue weighted by atomic mass is 10.0. The first-order valence-electron chi connectivity index (χ1n) is 8.64. The summed E-state index contributed by atoms with van der Waals surface area (Å²) in [6.45, 7) is 9.55. The van der Waals surface area contributed by atoms with E-state index in [0.717, 1.165) is 38.0 Å². The standard InChI is InChI=1S/C21H21N3O2S/c1-11-6-13(3)20-16(7-11)12(2)8-19(26)24(20)10-18(25)23-21-17(9-22)14(4)15(5)27-21/h6-8H,10H2,1-5H3,(H,23,25). The molecule has 1 amide bonds. The highest BCUT2D eigenvalue weighted by Gasteiger charge is 2.17. The second kappa shape index (κ2) is 7.01. The van der Waals surface area contributed by atoms with Crippen molar-refractivity contribution in [2.75, 3.05) is 5.32 Å². The Labute approximate surface area is 161 Å². The molecule has 3 rings (SSSR count). The summed E-state index contributed by atoms with van der Waals surface area (Å²) in [5, 5.41) is 13.7. The monoisotopic (exact) mass is 379 g/mol. The smallest absolute Gasteiger partial charge is 0.251 e. The van der Waals surface area contributed by atoms with Crippen molar-refractivity contribution < 1.29 is 4.79 Å². The zero-order valence-electron chi connectivity index (χ0n) is 16.1. The van der Waals surface area contributed by atoms with E-state index in [-0.39, 0.29) is 18.0 Å². The van der Waals surface area contributed by atoms with Crippen LogP contribution in [-0.2, 0) is 11.3 Å². The normalized spacial score (nSPS) is 10.8. The van der Waals surface area contributed by atoms with Crippen molar-refractivity contribution in [2.24, 2.45) is 0 Å². The van der Waals surface area contributed by atoms with Crippen LogP contribution in [0.3, 0.4) is 0 Å². The third-order valence-corrected chi connectivity index (χ3v) is 5.92. The van der Waals surface area contributed by atoms with Crippen LogP contribution in [-0.4, -0.2) is 10.5 Å². The minimum Gasteiger partial charge on any atom is -0.315 e. The Hall–Kier alpha value is -2.91. The molecular formula is C21H21N3O2S. The van der Waals surface area contributed by atoms with Gasteiger partial charge in [0.1, 0.15) is 17.6 Å². The Balaban J connectivity index is 2.03. The van der Waals surface area contributed by atoms with Gasteiger partial charge in [0.25, 0.3) is 5.56 Å². The predicted octanol–water partition coefficient (Wildman–Crippen LogP) is 4.12. The molecule has 27 heavy (non-hydrogen) atoms. The Morgan fingerprint density at radius 1 is 1.15 bits per heavy atom. The number of hydrogen-bond acceptors (Lipinski definition) is 4. The van der Waals surface area contributed by atoms with Crippen LogP contribution in [0.5, 0.6) is 0 Å². The molecule has 0 saturated carbocycles. The van der Waals surface area contributed by atoms with Crippen LogP contribution < -0.4 is 10.9 Å². The summed E-state index contributed by atoms with van der Waals surface area (Å²) in [7, 11) is 0. The number of aryl methyl sites for hydroxylation is 4. The highest BCUT2D eigenvalue weighted by atomic mass is 32.1. The van der Waals surface area contributed by atoms with Crippen LogP contribution in [0.25, 0.3) is 10.9 Å². The molecular weight excluding hydrogens is 358 g/mol. The summed E-state index contributed by atoms with van der Waals surface area (Å²) in [6, 6.07) is 7.75. The van der Waals surface area contributed by atoms with Crippen molar-refractivity contribution in [2.45, 2.75) is 41.2 Å². The first kappa shape index (κ1) is 18.9. The van der Waals surface area contributed by atoms with Gasteiger partial charge in [0.15, 0.2) is 0 Å². The number of nitrogens with one attached hydrogen (secondary N) is 1. The van der Waals surface area contributed by atoms with Crippen molar-refractivity contribution in [1.29, 1.82) is 5.26 Å². The van der Waals surface area contributed by atoms with Crippen molar-refractivity contribution in [3.8, 4) is 6.07 Å². The molecule has 5 nitrogen and oxygen atoms in total. The SMILES string of the molecule is Cc1cc(C)c2c(c1)c(C)cc(=O)n2CC(=O)Nc1sc(C)c(C)c1C#N.